The predicted molar refractivity (Wildman–Crippen MR) is 111 cm³/mol. The third-order valence-corrected chi connectivity index (χ3v) is 5.70. The molecular formula is C23H27N3O2. The average Bonchev–Trinajstić information content (AvgIpc) is 2.73. The van der Waals surface area contributed by atoms with Gasteiger partial charge in [0.2, 0.25) is 0 Å². The Kier molecular flexibility index (Phi) is 6.01. The molecule has 0 spiro atoms. The molecule has 1 unspecified atom stereocenters. The van der Waals surface area contributed by atoms with Crippen LogP contribution in [0.1, 0.15) is 45.6 Å². The van der Waals surface area contributed by atoms with Crippen molar-refractivity contribution in [2.45, 2.75) is 26.8 Å². The molecule has 1 heterocycles. The molecule has 146 valence electrons. The molecule has 28 heavy (non-hydrogen) atoms. The van der Waals surface area contributed by atoms with Crippen LogP contribution in [0.3, 0.4) is 0 Å². The molecule has 2 aromatic rings. The van der Waals surface area contributed by atoms with Crippen LogP contribution in [-0.2, 0) is 4.74 Å². The number of nitriles is 1. The Hall–Kier alpha value is -2.84. The average molecular weight is 377 g/mol. The number of ether oxygens (including phenoxy) is 1. The van der Waals surface area contributed by atoms with Crippen molar-refractivity contribution in [3.63, 3.8) is 0 Å². The van der Waals surface area contributed by atoms with Crippen LogP contribution < -0.4 is 4.90 Å². The quantitative estimate of drug-likeness (QED) is 0.758. The lowest BCUT2D eigenvalue weighted by molar-refractivity contribution is 0.0599. The Morgan fingerprint density at radius 1 is 1.11 bits per heavy atom. The van der Waals surface area contributed by atoms with E-state index in [1.807, 2.05) is 37.3 Å². The zero-order valence-electron chi connectivity index (χ0n) is 17.0. The fraction of sp³-hybridized carbons (Fsp3) is 0.391. The van der Waals surface area contributed by atoms with E-state index >= 15 is 0 Å². The highest BCUT2D eigenvalue weighted by molar-refractivity contribution is 5.91. The van der Waals surface area contributed by atoms with Gasteiger partial charge in [0, 0.05) is 32.2 Å². The van der Waals surface area contributed by atoms with E-state index in [0.29, 0.717) is 5.56 Å². The molecule has 0 saturated carbocycles. The zero-order chi connectivity index (χ0) is 20.3. The van der Waals surface area contributed by atoms with Crippen molar-refractivity contribution in [1.29, 1.82) is 5.26 Å². The molecule has 5 heteroatoms. The second-order valence-electron chi connectivity index (χ2n) is 7.34. The Balaban J connectivity index is 1.76. The maximum absolute atomic E-state index is 12.1. The molecule has 1 aliphatic rings. The van der Waals surface area contributed by atoms with Gasteiger partial charge in [-0.2, -0.15) is 5.26 Å². The van der Waals surface area contributed by atoms with Crippen molar-refractivity contribution >= 4 is 11.7 Å². The molecule has 0 amide bonds. The molecule has 0 N–H and O–H groups in total. The lowest BCUT2D eigenvalue weighted by Gasteiger charge is -2.40. The number of carbonyl (C=O) groups is 1. The summed E-state index contributed by atoms with van der Waals surface area (Å²) in [6.45, 7) is 9.79. The number of aryl methyl sites for hydroxylation is 2. The van der Waals surface area contributed by atoms with Crippen LogP contribution in [0.15, 0.2) is 36.4 Å². The molecule has 1 fully saturated rings. The molecule has 2 aromatic carbocycles. The van der Waals surface area contributed by atoms with E-state index in [-0.39, 0.29) is 12.0 Å². The van der Waals surface area contributed by atoms with Crippen LogP contribution >= 0.6 is 0 Å². The fourth-order valence-electron chi connectivity index (χ4n) is 4.04. The predicted octanol–water partition coefficient (Wildman–Crippen LogP) is 3.84. The van der Waals surface area contributed by atoms with E-state index in [1.165, 1.54) is 12.7 Å². The number of hydrogen-bond acceptors (Lipinski definition) is 5. The number of nitrogens with zero attached hydrogens (tertiary/aromatic N) is 3. The number of piperazine rings is 1. The zero-order valence-corrected chi connectivity index (χ0v) is 17.0. The second-order valence-corrected chi connectivity index (χ2v) is 7.34. The molecule has 1 atom stereocenters. The normalized spacial score (nSPS) is 15.8. The number of carbonyl (C=O) groups excluding carboxylic acids is 1. The largest absolute Gasteiger partial charge is 0.465 e. The molecule has 0 bridgehead atoms. The minimum atomic E-state index is -0.288. The number of anilines is 1. The summed E-state index contributed by atoms with van der Waals surface area (Å²) in [5, 5.41) is 9.36. The summed E-state index contributed by atoms with van der Waals surface area (Å²) >= 11 is 0. The van der Waals surface area contributed by atoms with Crippen LogP contribution in [-0.4, -0.2) is 44.2 Å². The van der Waals surface area contributed by atoms with Crippen LogP contribution in [0.5, 0.6) is 0 Å². The van der Waals surface area contributed by atoms with Gasteiger partial charge in [-0.1, -0.05) is 18.2 Å². The van der Waals surface area contributed by atoms with E-state index in [9.17, 15) is 10.1 Å². The van der Waals surface area contributed by atoms with Gasteiger partial charge in [0.15, 0.2) is 0 Å². The maximum Gasteiger partial charge on any atom is 0.338 e. The maximum atomic E-state index is 12.1. The third-order valence-electron chi connectivity index (χ3n) is 5.70. The Labute approximate surface area is 167 Å². The summed E-state index contributed by atoms with van der Waals surface area (Å²) in [5.41, 5.74) is 5.67. The minimum Gasteiger partial charge on any atom is -0.465 e. The standard InChI is InChI=1S/C23H27N3O2/c1-16-13-17(2)21(23(27)28-4)14-20(16)18(3)25-9-11-26(12-10-25)22-8-6-5-7-19(22)15-24/h5-8,13-14,18H,9-12H2,1-4H3. The summed E-state index contributed by atoms with van der Waals surface area (Å²) in [5.74, 6) is -0.288. The molecule has 0 aliphatic carbocycles. The van der Waals surface area contributed by atoms with Crippen molar-refractivity contribution in [3.8, 4) is 6.07 Å². The van der Waals surface area contributed by atoms with Crippen molar-refractivity contribution in [1.82, 2.24) is 4.90 Å². The number of esters is 1. The van der Waals surface area contributed by atoms with Gasteiger partial charge in [-0.3, -0.25) is 4.90 Å². The van der Waals surface area contributed by atoms with Crippen molar-refractivity contribution < 1.29 is 9.53 Å². The van der Waals surface area contributed by atoms with Crippen LogP contribution in [0.4, 0.5) is 5.69 Å². The monoisotopic (exact) mass is 377 g/mol. The lowest BCUT2D eigenvalue weighted by atomic mass is 9.94. The highest BCUT2D eigenvalue weighted by Crippen LogP contribution is 2.29. The number of para-hydroxylation sites is 1. The summed E-state index contributed by atoms with van der Waals surface area (Å²) in [4.78, 5) is 16.8. The molecular weight excluding hydrogens is 350 g/mol. The summed E-state index contributed by atoms with van der Waals surface area (Å²) in [6, 6.07) is 14.3. The van der Waals surface area contributed by atoms with Gasteiger partial charge in [0.05, 0.1) is 23.9 Å². The SMILES string of the molecule is COC(=O)c1cc(C(C)N2CCN(c3ccccc3C#N)CC2)c(C)cc1C. The van der Waals surface area contributed by atoms with Gasteiger partial charge < -0.3 is 9.64 Å². The Bertz CT molecular complexity index is 909. The first-order valence-corrected chi connectivity index (χ1v) is 9.63. The number of hydrogen-bond donors (Lipinski definition) is 0. The van der Waals surface area contributed by atoms with Gasteiger partial charge in [0.1, 0.15) is 6.07 Å². The number of methoxy groups -OCH3 is 1. The first kappa shape index (κ1) is 19.9. The van der Waals surface area contributed by atoms with Crippen molar-refractivity contribution in [3.05, 3.63) is 64.2 Å². The summed E-state index contributed by atoms with van der Waals surface area (Å²) in [7, 11) is 1.42. The van der Waals surface area contributed by atoms with E-state index in [0.717, 1.165) is 48.6 Å². The van der Waals surface area contributed by atoms with E-state index in [2.05, 4.69) is 35.8 Å². The second kappa shape index (κ2) is 8.45. The van der Waals surface area contributed by atoms with E-state index in [4.69, 9.17) is 4.74 Å². The van der Waals surface area contributed by atoms with Crippen molar-refractivity contribution in [2.75, 3.05) is 38.2 Å². The minimum absolute atomic E-state index is 0.206. The van der Waals surface area contributed by atoms with Gasteiger partial charge in [-0.05, 0) is 55.7 Å². The Morgan fingerprint density at radius 3 is 2.43 bits per heavy atom. The molecule has 1 saturated heterocycles. The van der Waals surface area contributed by atoms with Crippen LogP contribution in [0, 0.1) is 25.2 Å². The van der Waals surface area contributed by atoms with Gasteiger partial charge in [-0.15, -0.1) is 0 Å². The van der Waals surface area contributed by atoms with Gasteiger partial charge in [-0.25, -0.2) is 4.79 Å². The van der Waals surface area contributed by atoms with E-state index < -0.39 is 0 Å². The first-order valence-electron chi connectivity index (χ1n) is 9.63. The number of benzene rings is 2. The molecule has 0 radical (unpaired) electrons. The highest BCUT2D eigenvalue weighted by Gasteiger charge is 2.25. The molecule has 3 rings (SSSR count). The smallest absolute Gasteiger partial charge is 0.338 e. The van der Waals surface area contributed by atoms with Crippen LogP contribution in [0.2, 0.25) is 0 Å². The summed E-state index contributed by atoms with van der Waals surface area (Å²) < 4.78 is 4.94. The van der Waals surface area contributed by atoms with Gasteiger partial charge >= 0.3 is 5.97 Å². The highest BCUT2D eigenvalue weighted by atomic mass is 16.5. The van der Waals surface area contributed by atoms with Gasteiger partial charge in [0.25, 0.3) is 0 Å². The lowest BCUT2D eigenvalue weighted by Crippen LogP contribution is -2.47. The van der Waals surface area contributed by atoms with Crippen molar-refractivity contribution in [2.24, 2.45) is 0 Å². The Morgan fingerprint density at radius 2 is 1.79 bits per heavy atom. The fourth-order valence-corrected chi connectivity index (χ4v) is 4.04. The third kappa shape index (κ3) is 3.88. The molecule has 1 aliphatic heterocycles. The molecule has 5 nitrogen and oxygen atoms in total. The molecule has 0 aromatic heterocycles. The van der Waals surface area contributed by atoms with E-state index in [1.54, 1.807) is 0 Å². The van der Waals surface area contributed by atoms with Crippen LogP contribution in [0.25, 0.3) is 0 Å². The first-order chi connectivity index (χ1) is 13.5. The summed E-state index contributed by atoms with van der Waals surface area (Å²) in [6.07, 6.45) is 0. The topological polar surface area (TPSA) is 56.6 Å². The number of rotatable bonds is 4.